The molecule has 0 atom stereocenters. The highest BCUT2D eigenvalue weighted by Crippen LogP contribution is 2.09. The van der Waals surface area contributed by atoms with Gasteiger partial charge in [-0.3, -0.25) is 4.79 Å². The Bertz CT molecular complexity index is 146. The molecule has 0 fully saturated rings. The Hall–Kier alpha value is -0.610. The Morgan fingerprint density at radius 1 is 1.58 bits per heavy atom. The number of hydrogen-bond donors (Lipinski definition) is 3. The fourth-order valence-electron chi connectivity index (χ4n) is 0.694. The van der Waals surface area contributed by atoms with Crippen molar-refractivity contribution in [2.24, 2.45) is 11.1 Å². The van der Waals surface area contributed by atoms with Crippen molar-refractivity contribution in [1.29, 1.82) is 0 Å². The van der Waals surface area contributed by atoms with E-state index in [0.29, 0.717) is 13.1 Å². The lowest BCUT2D eigenvalue weighted by Gasteiger charge is -2.22. The monoisotopic (exact) mass is 174 g/mol. The second-order valence-corrected chi connectivity index (χ2v) is 3.69. The first-order valence-corrected chi connectivity index (χ1v) is 4.10. The minimum Gasteiger partial charge on any atom is -0.481 e. The number of hydrogen-bond acceptors (Lipinski definition) is 3. The quantitative estimate of drug-likeness (QED) is 0.497. The summed E-state index contributed by atoms with van der Waals surface area (Å²) in [4.78, 5) is 10.1. The third-order valence-electron chi connectivity index (χ3n) is 1.67. The predicted octanol–water partition coefficient (Wildman–Crippen LogP) is 0.0356. The lowest BCUT2D eigenvalue weighted by molar-refractivity contribution is -0.136. The van der Waals surface area contributed by atoms with E-state index in [1.54, 1.807) is 0 Å². The van der Waals surface area contributed by atoms with Crippen molar-refractivity contribution in [1.82, 2.24) is 5.32 Å². The number of carboxylic acid groups (broad SMARTS) is 1. The molecule has 0 bridgehead atoms. The third-order valence-corrected chi connectivity index (χ3v) is 1.67. The van der Waals surface area contributed by atoms with Crippen LogP contribution in [0.15, 0.2) is 0 Å². The first kappa shape index (κ1) is 11.4. The summed E-state index contributed by atoms with van der Waals surface area (Å²) in [6, 6.07) is 0. The molecule has 4 N–H and O–H groups in total. The average molecular weight is 174 g/mol. The molecule has 72 valence electrons. The zero-order valence-electron chi connectivity index (χ0n) is 7.76. The normalized spacial score (nSPS) is 11.6. The largest absolute Gasteiger partial charge is 0.481 e. The van der Waals surface area contributed by atoms with Gasteiger partial charge in [0.25, 0.3) is 0 Å². The van der Waals surface area contributed by atoms with Crippen LogP contribution in [0.25, 0.3) is 0 Å². The zero-order valence-corrected chi connectivity index (χ0v) is 7.76. The fourth-order valence-corrected chi connectivity index (χ4v) is 0.694. The van der Waals surface area contributed by atoms with Gasteiger partial charge in [-0.05, 0) is 12.0 Å². The van der Waals surface area contributed by atoms with Crippen LogP contribution in [0, 0.1) is 5.41 Å². The Morgan fingerprint density at radius 3 is 2.58 bits per heavy atom. The fraction of sp³-hybridized carbons (Fsp3) is 0.875. The molecule has 0 aliphatic carbocycles. The summed E-state index contributed by atoms with van der Waals surface area (Å²) < 4.78 is 0. The molecule has 0 aromatic carbocycles. The molecule has 0 amide bonds. The van der Waals surface area contributed by atoms with Crippen LogP contribution in [0.3, 0.4) is 0 Å². The maximum Gasteiger partial charge on any atom is 0.304 e. The maximum atomic E-state index is 10.1. The van der Waals surface area contributed by atoms with Gasteiger partial charge in [0.15, 0.2) is 0 Å². The van der Waals surface area contributed by atoms with Gasteiger partial charge >= 0.3 is 5.97 Å². The van der Waals surface area contributed by atoms with Gasteiger partial charge in [0.1, 0.15) is 0 Å². The molecule has 12 heavy (non-hydrogen) atoms. The van der Waals surface area contributed by atoms with Gasteiger partial charge < -0.3 is 16.2 Å². The van der Waals surface area contributed by atoms with Crippen LogP contribution in [-0.2, 0) is 4.79 Å². The minimum atomic E-state index is -0.770. The third kappa shape index (κ3) is 6.12. The standard InChI is InChI=1S/C8H18N2O2/c1-8(2,5-9)6-10-4-3-7(11)12/h10H,3-6,9H2,1-2H3,(H,11,12). The van der Waals surface area contributed by atoms with Gasteiger partial charge in [-0.25, -0.2) is 0 Å². The van der Waals surface area contributed by atoms with Gasteiger partial charge in [0.05, 0.1) is 6.42 Å². The minimum absolute atomic E-state index is 0.0541. The second-order valence-electron chi connectivity index (χ2n) is 3.69. The Kier molecular flexibility index (Phi) is 4.85. The zero-order chi connectivity index (χ0) is 9.61. The van der Waals surface area contributed by atoms with E-state index in [4.69, 9.17) is 10.8 Å². The lowest BCUT2D eigenvalue weighted by Crippen LogP contribution is -2.36. The van der Waals surface area contributed by atoms with Crippen LogP contribution < -0.4 is 11.1 Å². The van der Waals surface area contributed by atoms with E-state index in [1.165, 1.54) is 0 Å². The van der Waals surface area contributed by atoms with E-state index in [9.17, 15) is 4.79 Å². The van der Waals surface area contributed by atoms with E-state index in [-0.39, 0.29) is 11.8 Å². The average Bonchev–Trinajstić information content (AvgIpc) is 1.98. The van der Waals surface area contributed by atoms with Crippen molar-refractivity contribution in [2.45, 2.75) is 20.3 Å². The molecule has 0 spiro atoms. The highest BCUT2D eigenvalue weighted by Gasteiger charge is 2.14. The summed E-state index contributed by atoms with van der Waals surface area (Å²) in [6.45, 7) is 5.96. The summed E-state index contributed by atoms with van der Waals surface area (Å²) in [5.41, 5.74) is 5.55. The van der Waals surface area contributed by atoms with Crippen molar-refractivity contribution in [2.75, 3.05) is 19.6 Å². The molecule has 0 radical (unpaired) electrons. The molecule has 0 aliphatic rings. The summed E-state index contributed by atoms with van der Waals surface area (Å²) in [5, 5.41) is 11.4. The molecule has 0 aliphatic heterocycles. The molecule has 0 heterocycles. The van der Waals surface area contributed by atoms with Crippen molar-refractivity contribution in [3.05, 3.63) is 0 Å². The van der Waals surface area contributed by atoms with E-state index < -0.39 is 5.97 Å². The van der Waals surface area contributed by atoms with Crippen LogP contribution in [-0.4, -0.2) is 30.7 Å². The molecule has 0 saturated carbocycles. The van der Waals surface area contributed by atoms with E-state index >= 15 is 0 Å². The molecule has 0 aromatic heterocycles. The number of nitrogens with two attached hydrogens (primary N) is 1. The van der Waals surface area contributed by atoms with Crippen LogP contribution in [0.2, 0.25) is 0 Å². The smallest absolute Gasteiger partial charge is 0.304 e. The number of nitrogens with one attached hydrogen (secondary N) is 1. The maximum absolute atomic E-state index is 10.1. The lowest BCUT2D eigenvalue weighted by atomic mass is 9.94. The topological polar surface area (TPSA) is 75.3 Å². The molecular formula is C8H18N2O2. The predicted molar refractivity (Wildman–Crippen MR) is 48.0 cm³/mol. The number of aliphatic carboxylic acids is 1. The highest BCUT2D eigenvalue weighted by atomic mass is 16.4. The van der Waals surface area contributed by atoms with Crippen LogP contribution in [0.4, 0.5) is 0 Å². The molecule has 4 heteroatoms. The number of rotatable bonds is 6. The van der Waals surface area contributed by atoms with E-state index in [0.717, 1.165) is 6.54 Å². The second kappa shape index (κ2) is 5.11. The summed E-state index contributed by atoms with van der Waals surface area (Å²) >= 11 is 0. The Balaban J connectivity index is 3.37. The van der Waals surface area contributed by atoms with Crippen LogP contribution in [0.1, 0.15) is 20.3 Å². The highest BCUT2D eigenvalue weighted by molar-refractivity contribution is 5.66. The van der Waals surface area contributed by atoms with Crippen LogP contribution in [0.5, 0.6) is 0 Å². The summed E-state index contributed by atoms with van der Waals surface area (Å²) in [5.74, 6) is -0.770. The Labute approximate surface area is 73.1 Å². The van der Waals surface area contributed by atoms with Gasteiger partial charge in [0, 0.05) is 13.1 Å². The summed E-state index contributed by atoms with van der Waals surface area (Å²) in [7, 11) is 0. The van der Waals surface area contributed by atoms with E-state index in [2.05, 4.69) is 5.32 Å². The van der Waals surface area contributed by atoms with Crippen molar-refractivity contribution in [3.8, 4) is 0 Å². The van der Waals surface area contributed by atoms with Gasteiger partial charge in [-0.1, -0.05) is 13.8 Å². The molecule has 0 aromatic rings. The van der Waals surface area contributed by atoms with Gasteiger partial charge in [0.2, 0.25) is 0 Å². The van der Waals surface area contributed by atoms with Gasteiger partial charge in [-0.15, -0.1) is 0 Å². The molecule has 0 saturated heterocycles. The molecule has 4 nitrogen and oxygen atoms in total. The molecule has 0 unspecified atom stereocenters. The van der Waals surface area contributed by atoms with Gasteiger partial charge in [-0.2, -0.15) is 0 Å². The summed E-state index contributed by atoms with van der Waals surface area (Å²) in [6.07, 6.45) is 0.167. The SMILES string of the molecule is CC(C)(CN)CNCCC(=O)O. The number of carboxylic acids is 1. The molecular weight excluding hydrogens is 156 g/mol. The van der Waals surface area contributed by atoms with E-state index in [1.807, 2.05) is 13.8 Å². The van der Waals surface area contributed by atoms with Crippen molar-refractivity contribution < 1.29 is 9.90 Å². The Morgan fingerprint density at radius 2 is 2.17 bits per heavy atom. The van der Waals surface area contributed by atoms with Crippen molar-refractivity contribution >= 4 is 5.97 Å². The van der Waals surface area contributed by atoms with Crippen LogP contribution >= 0.6 is 0 Å². The first-order valence-electron chi connectivity index (χ1n) is 4.10. The molecule has 0 rings (SSSR count). The first-order chi connectivity index (χ1) is 5.48. The number of carbonyl (C=O) groups is 1. The van der Waals surface area contributed by atoms with Crippen molar-refractivity contribution in [3.63, 3.8) is 0 Å².